The van der Waals surface area contributed by atoms with Crippen molar-refractivity contribution in [2.75, 3.05) is 19.6 Å². The molecule has 0 aliphatic rings. The molecule has 0 rings (SSSR count). The Morgan fingerprint density at radius 2 is 1.64 bits per heavy atom. The van der Waals surface area contributed by atoms with E-state index < -0.39 is 0 Å². The highest BCUT2D eigenvalue weighted by molar-refractivity contribution is 4.66. The molecular weight excluding hydrogens is 174 g/mol. The van der Waals surface area contributed by atoms with Crippen molar-refractivity contribution in [3.05, 3.63) is 0 Å². The van der Waals surface area contributed by atoms with Crippen LogP contribution in [0.5, 0.6) is 0 Å². The molecule has 0 aromatic heterocycles. The average Bonchev–Trinajstić information content (AvgIpc) is 2.19. The highest BCUT2D eigenvalue weighted by atomic mass is 16.3. The predicted octanol–water partition coefficient (Wildman–Crippen LogP) is 2.52. The molecule has 0 radical (unpaired) electrons. The van der Waals surface area contributed by atoms with Gasteiger partial charge < -0.3 is 10.0 Å². The van der Waals surface area contributed by atoms with Gasteiger partial charge in [0.25, 0.3) is 0 Å². The minimum Gasteiger partial charge on any atom is -0.393 e. The molecule has 0 aromatic carbocycles. The third kappa shape index (κ3) is 5.61. The quantitative estimate of drug-likeness (QED) is 0.652. The zero-order valence-electron chi connectivity index (χ0n) is 10.3. The number of rotatable bonds is 8. The lowest BCUT2D eigenvalue weighted by atomic mass is 9.97. The predicted molar refractivity (Wildman–Crippen MR) is 62.5 cm³/mol. The fourth-order valence-corrected chi connectivity index (χ4v) is 1.79. The first kappa shape index (κ1) is 13.9. The fourth-order valence-electron chi connectivity index (χ4n) is 1.79. The second-order valence-electron chi connectivity index (χ2n) is 4.15. The molecule has 2 heteroatoms. The molecule has 1 N–H and O–H groups in total. The van der Waals surface area contributed by atoms with Crippen LogP contribution >= 0.6 is 0 Å². The molecule has 0 amide bonds. The Kier molecular flexibility index (Phi) is 8.20. The van der Waals surface area contributed by atoms with Crippen LogP contribution in [0.2, 0.25) is 0 Å². The van der Waals surface area contributed by atoms with Crippen LogP contribution in [0.15, 0.2) is 0 Å². The maximum absolute atomic E-state index is 9.86. The molecule has 0 aromatic rings. The Balaban J connectivity index is 3.65. The largest absolute Gasteiger partial charge is 0.393 e. The van der Waals surface area contributed by atoms with E-state index >= 15 is 0 Å². The first-order valence-corrected chi connectivity index (χ1v) is 6.06. The van der Waals surface area contributed by atoms with Crippen LogP contribution in [0.1, 0.15) is 47.0 Å². The molecule has 0 spiro atoms. The molecule has 0 bridgehead atoms. The first-order chi connectivity index (χ1) is 6.65. The Hall–Kier alpha value is -0.0800. The number of hydrogen-bond acceptors (Lipinski definition) is 2. The maximum Gasteiger partial charge on any atom is 0.0577 e. The van der Waals surface area contributed by atoms with E-state index in [1.165, 1.54) is 6.42 Å². The Morgan fingerprint density at radius 1 is 1.07 bits per heavy atom. The summed E-state index contributed by atoms with van der Waals surface area (Å²) in [6.45, 7) is 11.9. The van der Waals surface area contributed by atoms with E-state index in [1.807, 2.05) is 0 Å². The summed E-state index contributed by atoms with van der Waals surface area (Å²) in [6.07, 6.45) is 3.11. The van der Waals surface area contributed by atoms with Gasteiger partial charge in [0.1, 0.15) is 0 Å². The zero-order valence-corrected chi connectivity index (χ0v) is 10.3. The van der Waals surface area contributed by atoms with Crippen LogP contribution in [-0.2, 0) is 0 Å². The van der Waals surface area contributed by atoms with Gasteiger partial charge in [-0.25, -0.2) is 0 Å². The maximum atomic E-state index is 9.86. The summed E-state index contributed by atoms with van der Waals surface area (Å²) in [5, 5.41) is 9.86. The van der Waals surface area contributed by atoms with Crippen molar-refractivity contribution in [2.24, 2.45) is 5.92 Å². The monoisotopic (exact) mass is 201 g/mol. The van der Waals surface area contributed by atoms with Crippen molar-refractivity contribution in [1.29, 1.82) is 0 Å². The molecule has 2 unspecified atom stereocenters. The third-order valence-corrected chi connectivity index (χ3v) is 3.04. The fraction of sp³-hybridized carbons (Fsp3) is 1.00. The zero-order chi connectivity index (χ0) is 11.0. The number of hydrogen-bond donors (Lipinski definition) is 1. The van der Waals surface area contributed by atoms with Crippen LogP contribution in [0.3, 0.4) is 0 Å². The third-order valence-electron chi connectivity index (χ3n) is 3.04. The molecule has 0 fully saturated rings. The van der Waals surface area contributed by atoms with E-state index in [0.29, 0.717) is 5.92 Å². The van der Waals surface area contributed by atoms with Crippen molar-refractivity contribution >= 4 is 0 Å². The molecule has 0 aliphatic heterocycles. The smallest absolute Gasteiger partial charge is 0.0577 e. The Morgan fingerprint density at radius 3 is 2.07 bits per heavy atom. The van der Waals surface area contributed by atoms with Crippen LogP contribution in [0.25, 0.3) is 0 Å². The van der Waals surface area contributed by atoms with Gasteiger partial charge in [-0.3, -0.25) is 0 Å². The molecular formula is C12H27NO. The van der Waals surface area contributed by atoms with Crippen LogP contribution in [-0.4, -0.2) is 35.7 Å². The van der Waals surface area contributed by atoms with Gasteiger partial charge in [0.2, 0.25) is 0 Å². The van der Waals surface area contributed by atoms with E-state index in [9.17, 15) is 5.11 Å². The first-order valence-electron chi connectivity index (χ1n) is 6.06. The topological polar surface area (TPSA) is 23.5 Å². The van der Waals surface area contributed by atoms with Crippen molar-refractivity contribution in [3.8, 4) is 0 Å². The summed E-state index contributed by atoms with van der Waals surface area (Å²) in [5.41, 5.74) is 0. The van der Waals surface area contributed by atoms with Crippen LogP contribution < -0.4 is 0 Å². The van der Waals surface area contributed by atoms with E-state index in [-0.39, 0.29) is 6.10 Å². The van der Waals surface area contributed by atoms with Crippen LogP contribution in [0.4, 0.5) is 0 Å². The lowest BCUT2D eigenvalue weighted by Crippen LogP contribution is -2.29. The summed E-state index contributed by atoms with van der Waals surface area (Å²) in [5.74, 6) is 0.454. The summed E-state index contributed by atoms with van der Waals surface area (Å²) in [4.78, 5) is 2.36. The molecule has 0 saturated heterocycles. The second kappa shape index (κ2) is 8.25. The number of nitrogens with zero attached hydrogens (tertiary/aromatic N) is 1. The molecule has 0 saturated carbocycles. The van der Waals surface area contributed by atoms with Crippen molar-refractivity contribution in [3.63, 3.8) is 0 Å². The van der Waals surface area contributed by atoms with E-state index in [2.05, 4.69) is 32.6 Å². The van der Waals surface area contributed by atoms with Crippen molar-refractivity contribution in [1.82, 2.24) is 4.90 Å². The molecule has 0 heterocycles. The molecule has 2 atom stereocenters. The Labute approximate surface area is 89.3 Å². The SMILES string of the molecule is CCCC(C)C(O)CCN(CC)CC. The standard InChI is InChI=1S/C12H27NO/c1-5-8-11(4)12(14)9-10-13(6-2)7-3/h11-12,14H,5-10H2,1-4H3. The number of aliphatic hydroxyl groups excluding tert-OH is 1. The highest BCUT2D eigenvalue weighted by Crippen LogP contribution is 2.13. The normalized spacial score (nSPS) is 15.9. The summed E-state index contributed by atoms with van der Waals surface area (Å²) < 4.78 is 0. The highest BCUT2D eigenvalue weighted by Gasteiger charge is 2.13. The van der Waals surface area contributed by atoms with E-state index in [1.54, 1.807) is 0 Å². The van der Waals surface area contributed by atoms with Gasteiger partial charge in [-0.1, -0.05) is 34.1 Å². The molecule has 14 heavy (non-hydrogen) atoms. The summed E-state index contributed by atoms with van der Waals surface area (Å²) >= 11 is 0. The van der Waals surface area contributed by atoms with Gasteiger partial charge in [0, 0.05) is 6.54 Å². The van der Waals surface area contributed by atoms with Gasteiger partial charge in [-0.2, -0.15) is 0 Å². The molecule has 86 valence electrons. The van der Waals surface area contributed by atoms with Gasteiger partial charge in [0.15, 0.2) is 0 Å². The van der Waals surface area contributed by atoms with Gasteiger partial charge in [0.05, 0.1) is 6.10 Å². The molecule has 0 aliphatic carbocycles. The van der Waals surface area contributed by atoms with Crippen molar-refractivity contribution in [2.45, 2.75) is 53.1 Å². The van der Waals surface area contributed by atoms with E-state index in [4.69, 9.17) is 0 Å². The lowest BCUT2D eigenvalue weighted by molar-refractivity contribution is 0.0896. The molecule has 2 nitrogen and oxygen atoms in total. The minimum atomic E-state index is -0.115. The number of aliphatic hydroxyl groups is 1. The summed E-state index contributed by atoms with van der Waals surface area (Å²) in [7, 11) is 0. The van der Waals surface area contributed by atoms with E-state index in [0.717, 1.165) is 32.5 Å². The lowest BCUT2D eigenvalue weighted by Gasteiger charge is -2.23. The average molecular weight is 201 g/mol. The van der Waals surface area contributed by atoms with Gasteiger partial charge in [-0.15, -0.1) is 0 Å². The van der Waals surface area contributed by atoms with Crippen molar-refractivity contribution < 1.29 is 5.11 Å². The summed E-state index contributed by atoms with van der Waals surface area (Å²) in [6, 6.07) is 0. The van der Waals surface area contributed by atoms with Gasteiger partial charge in [-0.05, 0) is 31.8 Å². The van der Waals surface area contributed by atoms with Gasteiger partial charge >= 0.3 is 0 Å². The minimum absolute atomic E-state index is 0.115. The van der Waals surface area contributed by atoms with Crippen LogP contribution in [0, 0.1) is 5.92 Å². The second-order valence-corrected chi connectivity index (χ2v) is 4.15. The Bertz CT molecular complexity index is 123.